The van der Waals surface area contributed by atoms with E-state index in [2.05, 4.69) is 10.5 Å². The SMILES string of the molecule is O=C(O)C1CC(C2CNC2)=NO1. The van der Waals surface area contributed by atoms with Gasteiger partial charge in [-0.25, -0.2) is 4.79 Å². The van der Waals surface area contributed by atoms with Crippen LogP contribution in [0.4, 0.5) is 0 Å². The van der Waals surface area contributed by atoms with Crippen molar-refractivity contribution in [1.82, 2.24) is 5.32 Å². The molecule has 2 rings (SSSR count). The molecule has 0 radical (unpaired) electrons. The molecule has 2 N–H and O–H groups in total. The minimum atomic E-state index is -0.930. The van der Waals surface area contributed by atoms with Crippen LogP contribution in [0, 0.1) is 5.92 Å². The van der Waals surface area contributed by atoms with E-state index >= 15 is 0 Å². The van der Waals surface area contributed by atoms with Gasteiger partial charge in [-0.1, -0.05) is 5.16 Å². The average molecular weight is 170 g/mol. The zero-order chi connectivity index (χ0) is 8.55. The Hall–Kier alpha value is -1.10. The number of hydrogen-bond donors (Lipinski definition) is 2. The number of carboxylic acids is 1. The number of nitrogens with one attached hydrogen (secondary N) is 1. The molecule has 1 atom stereocenters. The topological polar surface area (TPSA) is 70.9 Å². The Balaban J connectivity index is 1.91. The normalized spacial score (nSPS) is 29.0. The van der Waals surface area contributed by atoms with Crippen molar-refractivity contribution in [3.63, 3.8) is 0 Å². The van der Waals surface area contributed by atoms with Crippen LogP contribution in [0.2, 0.25) is 0 Å². The zero-order valence-electron chi connectivity index (χ0n) is 6.49. The van der Waals surface area contributed by atoms with Gasteiger partial charge in [0.15, 0.2) is 0 Å². The first-order valence-corrected chi connectivity index (χ1v) is 3.93. The van der Waals surface area contributed by atoms with Crippen molar-refractivity contribution in [2.45, 2.75) is 12.5 Å². The molecule has 5 nitrogen and oxygen atoms in total. The molecule has 0 spiro atoms. The van der Waals surface area contributed by atoms with Crippen molar-refractivity contribution in [1.29, 1.82) is 0 Å². The van der Waals surface area contributed by atoms with Gasteiger partial charge in [-0.2, -0.15) is 0 Å². The zero-order valence-corrected chi connectivity index (χ0v) is 6.49. The summed E-state index contributed by atoms with van der Waals surface area (Å²) in [5.74, 6) is -0.532. The van der Waals surface area contributed by atoms with Crippen molar-refractivity contribution in [3.8, 4) is 0 Å². The van der Waals surface area contributed by atoms with Crippen LogP contribution in [0.25, 0.3) is 0 Å². The monoisotopic (exact) mass is 170 g/mol. The molecule has 2 aliphatic rings. The summed E-state index contributed by atoms with van der Waals surface area (Å²) in [5.41, 5.74) is 0.890. The van der Waals surface area contributed by atoms with Crippen LogP contribution < -0.4 is 5.32 Å². The maximum absolute atomic E-state index is 10.5. The highest BCUT2D eigenvalue weighted by molar-refractivity contribution is 5.93. The molecular formula is C7H10N2O3. The molecule has 1 saturated heterocycles. The highest BCUT2D eigenvalue weighted by atomic mass is 16.7. The quantitative estimate of drug-likeness (QED) is 0.582. The van der Waals surface area contributed by atoms with E-state index in [1.54, 1.807) is 0 Å². The predicted molar refractivity (Wildman–Crippen MR) is 40.9 cm³/mol. The van der Waals surface area contributed by atoms with Gasteiger partial charge in [0.2, 0.25) is 6.10 Å². The van der Waals surface area contributed by atoms with Gasteiger partial charge in [-0.3, -0.25) is 0 Å². The van der Waals surface area contributed by atoms with Crippen molar-refractivity contribution < 1.29 is 14.7 Å². The molecule has 0 bridgehead atoms. The third-order valence-corrected chi connectivity index (χ3v) is 2.22. The summed E-state index contributed by atoms with van der Waals surface area (Å²) in [6.07, 6.45) is -0.303. The van der Waals surface area contributed by atoms with Gasteiger partial charge < -0.3 is 15.3 Å². The van der Waals surface area contributed by atoms with Gasteiger partial charge in [0.25, 0.3) is 0 Å². The second-order valence-electron chi connectivity index (χ2n) is 3.07. The fourth-order valence-corrected chi connectivity index (χ4v) is 1.29. The van der Waals surface area contributed by atoms with Gasteiger partial charge in [0, 0.05) is 25.4 Å². The molecule has 2 aliphatic heterocycles. The van der Waals surface area contributed by atoms with Gasteiger partial charge in [-0.15, -0.1) is 0 Å². The van der Waals surface area contributed by atoms with E-state index < -0.39 is 12.1 Å². The van der Waals surface area contributed by atoms with Crippen molar-refractivity contribution >= 4 is 11.7 Å². The first kappa shape index (κ1) is 7.54. The number of hydrogen-bond acceptors (Lipinski definition) is 4. The van der Waals surface area contributed by atoms with E-state index in [1.807, 2.05) is 0 Å². The van der Waals surface area contributed by atoms with Crippen LogP contribution in [-0.4, -0.2) is 36.0 Å². The van der Waals surface area contributed by atoms with E-state index in [0.717, 1.165) is 18.8 Å². The highest BCUT2D eigenvalue weighted by Crippen LogP contribution is 2.18. The van der Waals surface area contributed by atoms with E-state index in [-0.39, 0.29) is 0 Å². The molecule has 5 heteroatoms. The van der Waals surface area contributed by atoms with Gasteiger partial charge >= 0.3 is 5.97 Å². The minimum Gasteiger partial charge on any atom is -0.478 e. The summed E-state index contributed by atoms with van der Waals surface area (Å²) in [4.78, 5) is 15.2. The molecule has 0 amide bonds. The van der Waals surface area contributed by atoms with Crippen LogP contribution in [0.1, 0.15) is 6.42 Å². The molecule has 1 unspecified atom stereocenters. The first-order chi connectivity index (χ1) is 5.77. The molecule has 0 aliphatic carbocycles. The van der Waals surface area contributed by atoms with Crippen LogP contribution in [0.5, 0.6) is 0 Å². The van der Waals surface area contributed by atoms with Crippen molar-refractivity contribution in [3.05, 3.63) is 0 Å². The van der Waals surface area contributed by atoms with Gasteiger partial charge in [0.1, 0.15) is 0 Å². The fourth-order valence-electron chi connectivity index (χ4n) is 1.29. The summed E-state index contributed by atoms with van der Waals surface area (Å²) >= 11 is 0. The van der Waals surface area contributed by atoms with E-state index in [4.69, 9.17) is 9.94 Å². The second-order valence-corrected chi connectivity index (χ2v) is 3.07. The molecule has 0 aromatic carbocycles. The smallest absolute Gasteiger partial charge is 0.348 e. The summed E-state index contributed by atoms with van der Waals surface area (Å²) in [7, 11) is 0. The van der Waals surface area contributed by atoms with Gasteiger partial charge in [-0.05, 0) is 0 Å². The Morgan fingerprint density at radius 3 is 2.83 bits per heavy atom. The van der Waals surface area contributed by atoms with Crippen LogP contribution in [0.3, 0.4) is 0 Å². The molecule has 0 aromatic rings. The number of carboxylic acid groups (broad SMARTS) is 1. The first-order valence-electron chi connectivity index (χ1n) is 3.93. The summed E-state index contributed by atoms with van der Waals surface area (Å²) in [5, 5.41) is 15.4. The third-order valence-electron chi connectivity index (χ3n) is 2.22. The number of rotatable bonds is 2. The van der Waals surface area contributed by atoms with Crippen LogP contribution in [0.15, 0.2) is 5.16 Å². The van der Waals surface area contributed by atoms with E-state index in [1.165, 1.54) is 0 Å². The lowest BCUT2D eigenvalue weighted by Crippen LogP contribution is -2.46. The standard InChI is InChI=1S/C7H10N2O3/c10-7(11)6-1-5(9-12-6)4-2-8-3-4/h4,6,8H,1-3H2,(H,10,11). The number of aliphatic carboxylic acids is 1. The third kappa shape index (κ3) is 1.16. The summed E-state index contributed by atoms with van der Waals surface area (Å²) in [6, 6.07) is 0. The number of nitrogens with zero attached hydrogens (tertiary/aromatic N) is 1. The van der Waals surface area contributed by atoms with Crippen molar-refractivity contribution in [2.75, 3.05) is 13.1 Å². The summed E-state index contributed by atoms with van der Waals surface area (Å²) < 4.78 is 0. The Kier molecular flexibility index (Phi) is 1.73. The lowest BCUT2D eigenvalue weighted by Gasteiger charge is -2.25. The summed E-state index contributed by atoms with van der Waals surface area (Å²) in [6.45, 7) is 1.79. The number of oxime groups is 1. The largest absolute Gasteiger partial charge is 0.478 e. The number of carbonyl (C=O) groups is 1. The Labute approximate surface area is 69.4 Å². The van der Waals surface area contributed by atoms with E-state index in [0.29, 0.717) is 12.3 Å². The molecule has 0 saturated carbocycles. The van der Waals surface area contributed by atoms with Crippen LogP contribution >= 0.6 is 0 Å². The minimum absolute atomic E-state index is 0.398. The Bertz CT molecular complexity index is 235. The molecule has 12 heavy (non-hydrogen) atoms. The van der Waals surface area contributed by atoms with Crippen LogP contribution in [-0.2, 0) is 9.63 Å². The molecule has 0 aromatic heterocycles. The Morgan fingerprint density at radius 1 is 1.67 bits per heavy atom. The fraction of sp³-hybridized carbons (Fsp3) is 0.714. The maximum Gasteiger partial charge on any atom is 0.348 e. The Morgan fingerprint density at radius 2 is 2.42 bits per heavy atom. The molecule has 2 heterocycles. The maximum atomic E-state index is 10.5. The molecular weight excluding hydrogens is 160 g/mol. The lowest BCUT2D eigenvalue weighted by molar-refractivity contribution is -0.148. The predicted octanol–water partition coefficient (Wildman–Crippen LogP) is -0.565. The van der Waals surface area contributed by atoms with Crippen molar-refractivity contribution in [2.24, 2.45) is 11.1 Å². The molecule has 1 fully saturated rings. The second kappa shape index (κ2) is 2.75. The van der Waals surface area contributed by atoms with E-state index in [9.17, 15) is 4.79 Å². The van der Waals surface area contributed by atoms with Gasteiger partial charge in [0.05, 0.1) is 5.71 Å². The highest BCUT2D eigenvalue weighted by Gasteiger charge is 2.33. The average Bonchev–Trinajstić information content (AvgIpc) is 2.32. The lowest BCUT2D eigenvalue weighted by atomic mass is 9.94. The molecule has 66 valence electrons.